The summed E-state index contributed by atoms with van der Waals surface area (Å²) in [7, 11) is 3.16. The lowest BCUT2D eigenvalue weighted by molar-refractivity contribution is 0.102. The summed E-state index contributed by atoms with van der Waals surface area (Å²) in [6.07, 6.45) is 1.82. The highest BCUT2D eigenvalue weighted by molar-refractivity contribution is 7.99. The molecule has 0 aliphatic carbocycles. The van der Waals surface area contributed by atoms with E-state index in [4.69, 9.17) is 9.47 Å². The highest BCUT2D eigenvalue weighted by atomic mass is 32.2. The molecule has 8 nitrogen and oxygen atoms in total. The Kier molecular flexibility index (Phi) is 6.38. The zero-order valence-electron chi connectivity index (χ0n) is 16.9. The standard InChI is InChI=1S/C20H23N5O3S/c1-6-9-24-13(2)10-16(14(24)3)18(26)12-29-20-21-22-23-25(20)17-11-15(27-4)7-8-19(17)28-5/h6-8,10-11H,1,9,12H2,2-5H3. The molecule has 0 N–H and O–H groups in total. The normalized spacial score (nSPS) is 10.8. The summed E-state index contributed by atoms with van der Waals surface area (Å²) < 4.78 is 14.3. The number of aromatic nitrogens is 5. The number of carbonyl (C=O) groups excluding carboxylic acids is 1. The van der Waals surface area contributed by atoms with Gasteiger partial charge in [0, 0.05) is 29.6 Å². The number of Topliss-reactive ketones (excluding diaryl/α,β-unsaturated/α-hetero) is 1. The van der Waals surface area contributed by atoms with Crippen molar-refractivity contribution in [1.82, 2.24) is 24.8 Å². The fraction of sp³-hybridized carbons (Fsp3) is 0.300. The number of hydrogen-bond donors (Lipinski definition) is 0. The van der Waals surface area contributed by atoms with E-state index in [0.29, 0.717) is 34.5 Å². The first-order valence-electron chi connectivity index (χ1n) is 8.94. The largest absolute Gasteiger partial charge is 0.497 e. The van der Waals surface area contributed by atoms with E-state index in [1.54, 1.807) is 37.1 Å². The van der Waals surface area contributed by atoms with Crippen LogP contribution in [0.2, 0.25) is 0 Å². The Hall–Kier alpha value is -3.07. The lowest BCUT2D eigenvalue weighted by Crippen LogP contribution is -2.08. The Morgan fingerprint density at radius 2 is 2.03 bits per heavy atom. The number of nitrogens with zero attached hydrogens (tertiary/aromatic N) is 5. The summed E-state index contributed by atoms with van der Waals surface area (Å²) in [5.74, 6) is 1.48. The number of tetrazole rings is 1. The van der Waals surface area contributed by atoms with Gasteiger partial charge in [-0.15, -0.1) is 11.7 Å². The number of thioether (sulfide) groups is 1. The molecule has 29 heavy (non-hydrogen) atoms. The van der Waals surface area contributed by atoms with E-state index in [2.05, 4.69) is 26.7 Å². The summed E-state index contributed by atoms with van der Waals surface area (Å²) >= 11 is 1.27. The van der Waals surface area contributed by atoms with Crippen molar-refractivity contribution in [3.63, 3.8) is 0 Å². The summed E-state index contributed by atoms with van der Waals surface area (Å²) in [5, 5.41) is 12.4. The van der Waals surface area contributed by atoms with Crippen molar-refractivity contribution in [2.24, 2.45) is 0 Å². The number of ether oxygens (including phenoxy) is 2. The van der Waals surface area contributed by atoms with Gasteiger partial charge in [0.05, 0.1) is 20.0 Å². The molecular formula is C20H23N5O3S. The molecule has 0 bridgehead atoms. The Bertz CT molecular complexity index is 1040. The smallest absolute Gasteiger partial charge is 0.214 e. The Morgan fingerprint density at radius 1 is 1.24 bits per heavy atom. The van der Waals surface area contributed by atoms with Crippen molar-refractivity contribution < 1.29 is 14.3 Å². The molecular weight excluding hydrogens is 390 g/mol. The Balaban J connectivity index is 1.82. The number of carbonyl (C=O) groups is 1. The number of hydrogen-bond acceptors (Lipinski definition) is 7. The van der Waals surface area contributed by atoms with Gasteiger partial charge in [0.2, 0.25) is 5.16 Å². The molecule has 2 aromatic heterocycles. The molecule has 0 saturated carbocycles. The van der Waals surface area contributed by atoms with Crippen LogP contribution in [-0.4, -0.2) is 50.5 Å². The minimum atomic E-state index is 0.0190. The molecule has 3 rings (SSSR count). The highest BCUT2D eigenvalue weighted by Crippen LogP contribution is 2.30. The number of rotatable bonds is 9. The van der Waals surface area contributed by atoms with E-state index in [-0.39, 0.29) is 11.5 Å². The summed E-state index contributed by atoms with van der Waals surface area (Å²) in [4.78, 5) is 12.8. The fourth-order valence-corrected chi connectivity index (χ4v) is 3.85. The van der Waals surface area contributed by atoms with Gasteiger partial charge in [0.1, 0.15) is 17.2 Å². The number of ketones is 1. The first-order valence-corrected chi connectivity index (χ1v) is 9.93. The molecule has 0 aliphatic heterocycles. The van der Waals surface area contributed by atoms with Crippen LogP contribution in [0.15, 0.2) is 42.1 Å². The third-order valence-corrected chi connectivity index (χ3v) is 5.49. The van der Waals surface area contributed by atoms with Crippen LogP contribution in [0.1, 0.15) is 21.7 Å². The van der Waals surface area contributed by atoms with E-state index in [0.717, 1.165) is 11.4 Å². The molecule has 0 saturated heterocycles. The van der Waals surface area contributed by atoms with Gasteiger partial charge in [-0.25, -0.2) is 0 Å². The van der Waals surface area contributed by atoms with Gasteiger partial charge < -0.3 is 14.0 Å². The maximum absolute atomic E-state index is 12.8. The summed E-state index contributed by atoms with van der Waals surface area (Å²) in [6, 6.07) is 7.27. The highest BCUT2D eigenvalue weighted by Gasteiger charge is 2.19. The van der Waals surface area contributed by atoms with Gasteiger partial charge in [0.15, 0.2) is 5.78 Å². The van der Waals surface area contributed by atoms with E-state index < -0.39 is 0 Å². The van der Waals surface area contributed by atoms with Crippen LogP contribution >= 0.6 is 11.8 Å². The minimum absolute atomic E-state index is 0.0190. The maximum atomic E-state index is 12.8. The van der Waals surface area contributed by atoms with Gasteiger partial charge in [-0.1, -0.05) is 17.8 Å². The number of methoxy groups -OCH3 is 2. The molecule has 0 atom stereocenters. The molecule has 3 aromatic rings. The van der Waals surface area contributed by atoms with Crippen molar-refractivity contribution >= 4 is 17.5 Å². The third-order valence-electron chi connectivity index (χ3n) is 4.57. The number of benzene rings is 1. The molecule has 0 amide bonds. The molecule has 9 heteroatoms. The van der Waals surface area contributed by atoms with Gasteiger partial charge >= 0.3 is 0 Å². The second-order valence-electron chi connectivity index (χ2n) is 6.31. The van der Waals surface area contributed by atoms with Crippen LogP contribution in [0, 0.1) is 13.8 Å². The van der Waals surface area contributed by atoms with Crippen LogP contribution in [0.4, 0.5) is 0 Å². The summed E-state index contributed by atoms with van der Waals surface area (Å²) in [6.45, 7) is 8.37. The predicted molar refractivity (Wildman–Crippen MR) is 111 cm³/mol. The molecule has 0 radical (unpaired) electrons. The third kappa shape index (κ3) is 4.19. The van der Waals surface area contributed by atoms with Crippen LogP contribution in [0.3, 0.4) is 0 Å². The predicted octanol–water partition coefficient (Wildman–Crippen LogP) is 3.26. The van der Waals surface area contributed by atoms with Crippen molar-refractivity contribution in [2.75, 3.05) is 20.0 Å². The van der Waals surface area contributed by atoms with Crippen molar-refractivity contribution in [2.45, 2.75) is 25.5 Å². The van der Waals surface area contributed by atoms with Gasteiger partial charge in [0.25, 0.3) is 0 Å². The van der Waals surface area contributed by atoms with Gasteiger partial charge in [-0.2, -0.15) is 4.68 Å². The lowest BCUT2D eigenvalue weighted by Gasteiger charge is -2.11. The SMILES string of the molecule is C=CCn1c(C)cc(C(=O)CSc2nnnn2-c2cc(OC)ccc2OC)c1C. The van der Waals surface area contributed by atoms with Crippen LogP contribution in [-0.2, 0) is 6.54 Å². The van der Waals surface area contributed by atoms with Crippen molar-refractivity contribution in [3.05, 3.63) is 53.9 Å². The Labute approximate surface area is 173 Å². The first-order chi connectivity index (χ1) is 14.0. The van der Waals surface area contributed by atoms with Gasteiger partial charge in [-0.05, 0) is 42.5 Å². The Morgan fingerprint density at radius 3 is 2.72 bits per heavy atom. The molecule has 0 aliphatic rings. The zero-order chi connectivity index (χ0) is 21.0. The van der Waals surface area contributed by atoms with E-state index in [1.165, 1.54) is 11.8 Å². The molecule has 2 heterocycles. The van der Waals surface area contributed by atoms with Crippen molar-refractivity contribution in [1.29, 1.82) is 0 Å². The van der Waals surface area contributed by atoms with E-state index in [9.17, 15) is 4.79 Å². The first kappa shape index (κ1) is 20.7. The minimum Gasteiger partial charge on any atom is -0.497 e. The molecule has 0 fully saturated rings. The van der Waals surface area contributed by atoms with Crippen LogP contribution in [0.25, 0.3) is 5.69 Å². The monoisotopic (exact) mass is 413 g/mol. The van der Waals surface area contributed by atoms with Crippen LogP contribution in [0.5, 0.6) is 11.5 Å². The second-order valence-corrected chi connectivity index (χ2v) is 7.25. The number of aryl methyl sites for hydroxylation is 1. The molecule has 0 spiro atoms. The second kappa shape index (κ2) is 8.95. The number of allylic oxidation sites excluding steroid dienone is 1. The van der Waals surface area contributed by atoms with E-state index in [1.807, 2.05) is 26.0 Å². The molecule has 1 aromatic carbocycles. The fourth-order valence-electron chi connectivity index (χ4n) is 3.08. The topological polar surface area (TPSA) is 84.1 Å². The van der Waals surface area contributed by atoms with Gasteiger partial charge in [-0.3, -0.25) is 4.79 Å². The lowest BCUT2D eigenvalue weighted by atomic mass is 10.2. The molecule has 152 valence electrons. The molecule has 0 unspecified atom stereocenters. The van der Waals surface area contributed by atoms with Crippen molar-refractivity contribution in [3.8, 4) is 17.2 Å². The maximum Gasteiger partial charge on any atom is 0.214 e. The average Bonchev–Trinajstić information content (AvgIpc) is 3.31. The summed E-state index contributed by atoms with van der Waals surface area (Å²) in [5.41, 5.74) is 3.30. The van der Waals surface area contributed by atoms with E-state index >= 15 is 0 Å². The average molecular weight is 414 g/mol. The van der Waals surface area contributed by atoms with Crippen LogP contribution < -0.4 is 9.47 Å². The zero-order valence-corrected chi connectivity index (χ0v) is 17.7. The quantitative estimate of drug-likeness (QED) is 0.302.